The van der Waals surface area contributed by atoms with Gasteiger partial charge < -0.3 is 14.6 Å². The average Bonchev–Trinajstić information content (AvgIpc) is 2.47. The van der Waals surface area contributed by atoms with Crippen LogP contribution in [-0.2, 0) is 9.47 Å². The van der Waals surface area contributed by atoms with Gasteiger partial charge in [0.05, 0.1) is 18.8 Å². The van der Waals surface area contributed by atoms with Crippen molar-refractivity contribution in [1.29, 1.82) is 0 Å². The van der Waals surface area contributed by atoms with E-state index in [4.69, 9.17) is 9.47 Å². The number of rotatable bonds is 7. The summed E-state index contributed by atoms with van der Waals surface area (Å²) in [6, 6.07) is 8.20. The number of aliphatic hydroxyl groups excluding tert-OH is 1. The molecule has 0 unspecified atom stereocenters. The highest BCUT2D eigenvalue weighted by Crippen LogP contribution is 2.29. The summed E-state index contributed by atoms with van der Waals surface area (Å²) in [4.78, 5) is 0. The van der Waals surface area contributed by atoms with Crippen LogP contribution in [0.15, 0.2) is 36.4 Å². The molecule has 1 fully saturated rings. The molecule has 3 atom stereocenters. The molecule has 1 heterocycles. The first-order chi connectivity index (χ1) is 10.6. The number of hydrogen-bond donors (Lipinski definition) is 1. The fourth-order valence-corrected chi connectivity index (χ4v) is 2.93. The minimum Gasteiger partial charge on any atom is -0.393 e. The molecule has 0 bridgehead atoms. The second-order valence-electron chi connectivity index (χ2n) is 6.26. The molecule has 3 nitrogen and oxygen atoms in total. The van der Waals surface area contributed by atoms with Crippen molar-refractivity contribution in [3.8, 4) is 0 Å². The fraction of sp³-hybridized carbons (Fsp3) is 0.579. The van der Waals surface area contributed by atoms with Crippen molar-refractivity contribution in [2.24, 2.45) is 0 Å². The third kappa shape index (κ3) is 5.24. The van der Waals surface area contributed by atoms with Gasteiger partial charge in [0.25, 0.3) is 0 Å². The van der Waals surface area contributed by atoms with E-state index in [1.807, 2.05) is 12.1 Å². The average molecular weight is 304 g/mol. The molecule has 1 aromatic carbocycles. The molecule has 1 aliphatic rings. The lowest BCUT2D eigenvalue weighted by molar-refractivity contribution is -0.222. The van der Waals surface area contributed by atoms with E-state index in [2.05, 4.69) is 32.6 Å². The Kier molecular flexibility index (Phi) is 6.62. The topological polar surface area (TPSA) is 38.7 Å². The molecule has 22 heavy (non-hydrogen) atoms. The molecule has 0 radical (unpaired) electrons. The van der Waals surface area contributed by atoms with Crippen molar-refractivity contribution in [3.63, 3.8) is 0 Å². The lowest BCUT2D eigenvalue weighted by Gasteiger charge is -2.32. The smallest absolute Gasteiger partial charge is 0.184 e. The summed E-state index contributed by atoms with van der Waals surface area (Å²) < 4.78 is 11.8. The van der Waals surface area contributed by atoms with Crippen LogP contribution in [0.1, 0.15) is 56.4 Å². The van der Waals surface area contributed by atoms with E-state index in [0.29, 0.717) is 19.4 Å². The maximum atomic E-state index is 10.2. The third-order valence-electron chi connectivity index (χ3n) is 4.00. The van der Waals surface area contributed by atoms with Gasteiger partial charge in [-0.2, -0.15) is 0 Å². The van der Waals surface area contributed by atoms with E-state index in [9.17, 15) is 5.11 Å². The highest BCUT2D eigenvalue weighted by molar-refractivity contribution is 5.23. The predicted molar refractivity (Wildman–Crippen MR) is 88.7 cm³/mol. The van der Waals surface area contributed by atoms with Crippen molar-refractivity contribution in [2.75, 3.05) is 6.61 Å². The summed E-state index contributed by atoms with van der Waals surface area (Å²) in [6.45, 7) is 8.89. The normalized spacial score (nSPS) is 23.2. The minimum absolute atomic E-state index is 0.0451. The predicted octanol–water partition coefficient (Wildman–Crippen LogP) is 4.30. The number of ether oxygens (including phenoxy) is 2. The molecule has 3 heteroatoms. The van der Waals surface area contributed by atoms with Crippen molar-refractivity contribution in [3.05, 3.63) is 47.5 Å². The number of aryl methyl sites for hydroxylation is 1. The second-order valence-corrected chi connectivity index (χ2v) is 6.26. The van der Waals surface area contributed by atoms with Crippen LogP contribution in [0.3, 0.4) is 0 Å². The van der Waals surface area contributed by atoms with Gasteiger partial charge in [0.1, 0.15) is 0 Å². The highest BCUT2D eigenvalue weighted by atomic mass is 16.7. The lowest BCUT2D eigenvalue weighted by Crippen LogP contribution is -2.30. The maximum absolute atomic E-state index is 10.2. The molecule has 0 spiro atoms. The van der Waals surface area contributed by atoms with Gasteiger partial charge in [-0.15, -0.1) is 0 Å². The largest absolute Gasteiger partial charge is 0.393 e. The molecular formula is C19H28O3. The molecule has 1 N–H and O–H groups in total. The fourth-order valence-electron chi connectivity index (χ4n) is 2.93. The number of benzene rings is 1. The first-order valence-corrected chi connectivity index (χ1v) is 8.26. The molecule has 0 aromatic heterocycles. The Bertz CT molecular complexity index is 483. The summed E-state index contributed by atoms with van der Waals surface area (Å²) in [6.07, 6.45) is 3.57. The number of hydrogen-bond acceptors (Lipinski definition) is 3. The van der Waals surface area contributed by atoms with E-state index < -0.39 is 0 Å². The first kappa shape index (κ1) is 17.2. The zero-order valence-corrected chi connectivity index (χ0v) is 13.8. The zero-order valence-electron chi connectivity index (χ0n) is 13.8. The van der Waals surface area contributed by atoms with Crippen LogP contribution in [0.2, 0.25) is 0 Å². The Balaban J connectivity index is 1.86. The molecule has 0 aliphatic carbocycles. The third-order valence-corrected chi connectivity index (χ3v) is 4.00. The maximum Gasteiger partial charge on any atom is 0.184 e. The van der Waals surface area contributed by atoms with E-state index in [0.717, 1.165) is 30.4 Å². The second kappa shape index (κ2) is 8.47. The molecule has 1 aliphatic heterocycles. The van der Waals surface area contributed by atoms with Crippen molar-refractivity contribution >= 4 is 0 Å². The Morgan fingerprint density at radius 3 is 3.00 bits per heavy atom. The summed E-state index contributed by atoms with van der Waals surface area (Å²) in [5.74, 6) is 0. The van der Waals surface area contributed by atoms with E-state index in [-0.39, 0.29) is 18.5 Å². The van der Waals surface area contributed by atoms with Gasteiger partial charge in [0, 0.05) is 12.0 Å². The highest BCUT2D eigenvalue weighted by Gasteiger charge is 2.26. The van der Waals surface area contributed by atoms with Gasteiger partial charge in [-0.1, -0.05) is 55.3 Å². The Morgan fingerprint density at radius 1 is 1.45 bits per heavy atom. The Labute approximate surface area is 134 Å². The van der Waals surface area contributed by atoms with Gasteiger partial charge >= 0.3 is 0 Å². The summed E-state index contributed by atoms with van der Waals surface area (Å²) in [5.41, 5.74) is 3.37. The van der Waals surface area contributed by atoms with E-state index in [1.165, 1.54) is 5.56 Å². The molecular weight excluding hydrogens is 276 g/mol. The van der Waals surface area contributed by atoms with Gasteiger partial charge in [0.2, 0.25) is 0 Å². The van der Waals surface area contributed by atoms with Gasteiger partial charge in [-0.05, 0) is 26.2 Å². The molecule has 0 saturated carbocycles. The van der Waals surface area contributed by atoms with Crippen molar-refractivity contribution in [2.45, 2.75) is 64.4 Å². The quantitative estimate of drug-likeness (QED) is 0.763. The summed E-state index contributed by atoms with van der Waals surface area (Å²) in [5, 5.41) is 10.2. The Hall–Kier alpha value is -1.16. The monoisotopic (exact) mass is 304 g/mol. The minimum atomic E-state index is -0.375. The van der Waals surface area contributed by atoms with Gasteiger partial charge in [0.15, 0.2) is 6.29 Å². The van der Waals surface area contributed by atoms with Crippen LogP contribution in [0.25, 0.3) is 0 Å². The van der Waals surface area contributed by atoms with Crippen molar-refractivity contribution < 1.29 is 14.6 Å². The van der Waals surface area contributed by atoms with Crippen LogP contribution in [0, 0.1) is 6.92 Å². The van der Waals surface area contributed by atoms with Gasteiger partial charge in [-0.25, -0.2) is 0 Å². The molecule has 1 saturated heterocycles. The van der Waals surface area contributed by atoms with Crippen molar-refractivity contribution in [1.82, 2.24) is 0 Å². The SMILES string of the molecule is C=C(CCC)C[C@@H](O)C[C@@H]1CCO[C@H](c2cccc(C)c2)O1. The summed E-state index contributed by atoms with van der Waals surface area (Å²) in [7, 11) is 0. The molecule has 0 amide bonds. The first-order valence-electron chi connectivity index (χ1n) is 8.26. The van der Waals surface area contributed by atoms with Gasteiger partial charge in [-0.3, -0.25) is 0 Å². The van der Waals surface area contributed by atoms with E-state index >= 15 is 0 Å². The molecule has 122 valence electrons. The van der Waals surface area contributed by atoms with Crippen LogP contribution in [-0.4, -0.2) is 23.9 Å². The standard InChI is InChI=1S/C19H28O3/c1-4-6-14(2)12-17(20)13-18-9-10-21-19(22-18)16-8-5-7-15(3)11-16/h5,7-8,11,17-20H,2,4,6,9-10,12-13H2,1,3H3/t17-,18+,19+/m1/s1. The Morgan fingerprint density at radius 2 is 2.27 bits per heavy atom. The number of aliphatic hydroxyl groups is 1. The van der Waals surface area contributed by atoms with Crippen LogP contribution in [0.4, 0.5) is 0 Å². The van der Waals surface area contributed by atoms with Crippen LogP contribution in [0.5, 0.6) is 0 Å². The van der Waals surface area contributed by atoms with Crippen LogP contribution >= 0.6 is 0 Å². The van der Waals surface area contributed by atoms with E-state index in [1.54, 1.807) is 0 Å². The zero-order chi connectivity index (χ0) is 15.9. The summed E-state index contributed by atoms with van der Waals surface area (Å²) >= 11 is 0. The van der Waals surface area contributed by atoms with Crippen LogP contribution < -0.4 is 0 Å². The lowest BCUT2D eigenvalue weighted by atomic mass is 9.99. The molecule has 1 aromatic rings. The molecule has 2 rings (SSSR count).